The Bertz CT molecular complexity index is 584. The van der Waals surface area contributed by atoms with E-state index in [0.717, 1.165) is 5.75 Å². The van der Waals surface area contributed by atoms with Crippen LogP contribution in [0, 0.1) is 0 Å². The standard InChI is InChI=1S/C16H22ClN3O2S/c1-19(15(21)12(18)8-10-23-2)14-7-9-20(16(14)22)13-6-4-3-5-11(13)17/h3-6,12,14H,7-10,18H2,1-2H3/t12-,14+/m0/s1. The molecule has 1 saturated heterocycles. The summed E-state index contributed by atoms with van der Waals surface area (Å²) in [6.07, 6.45) is 3.17. The maximum Gasteiger partial charge on any atom is 0.249 e. The minimum Gasteiger partial charge on any atom is -0.332 e. The van der Waals surface area contributed by atoms with Crippen molar-refractivity contribution in [3.05, 3.63) is 29.3 Å². The second-order valence-corrected chi connectivity index (χ2v) is 6.98. The molecule has 7 heteroatoms. The molecule has 0 unspecified atom stereocenters. The first-order chi connectivity index (χ1) is 11.0. The molecule has 1 aliphatic rings. The van der Waals surface area contributed by atoms with Gasteiger partial charge in [-0.3, -0.25) is 9.59 Å². The van der Waals surface area contributed by atoms with Crippen LogP contribution in [0.3, 0.4) is 0 Å². The van der Waals surface area contributed by atoms with Crippen LogP contribution >= 0.6 is 23.4 Å². The summed E-state index contributed by atoms with van der Waals surface area (Å²) in [5.41, 5.74) is 6.63. The molecule has 23 heavy (non-hydrogen) atoms. The number of para-hydroxylation sites is 1. The Morgan fingerprint density at radius 1 is 1.52 bits per heavy atom. The minimum atomic E-state index is -0.561. The van der Waals surface area contributed by atoms with Crippen molar-refractivity contribution in [2.45, 2.75) is 24.9 Å². The molecule has 0 aromatic heterocycles. The van der Waals surface area contributed by atoms with E-state index in [1.165, 1.54) is 4.90 Å². The first-order valence-corrected chi connectivity index (χ1v) is 9.31. The summed E-state index contributed by atoms with van der Waals surface area (Å²) in [4.78, 5) is 28.2. The van der Waals surface area contributed by atoms with Gasteiger partial charge < -0.3 is 15.5 Å². The lowest BCUT2D eigenvalue weighted by Gasteiger charge is -2.26. The number of nitrogens with zero attached hydrogens (tertiary/aromatic N) is 2. The molecule has 2 rings (SSSR count). The summed E-state index contributed by atoms with van der Waals surface area (Å²) < 4.78 is 0. The molecule has 0 saturated carbocycles. The van der Waals surface area contributed by atoms with Gasteiger partial charge in [-0.15, -0.1) is 0 Å². The number of halogens is 1. The van der Waals surface area contributed by atoms with Crippen molar-refractivity contribution in [1.82, 2.24) is 4.90 Å². The van der Waals surface area contributed by atoms with Crippen molar-refractivity contribution >= 4 is 40.9 Å². The number of rotatable bonds is 6. The highest BCUT2D eigenvalue weighted by Crippen LogP contribution is 2.30. The smallest absolute Gasteiger partial charge is 0.249 e. The van der Waals surface area contributed by atoms with Crippen molar-refractivity contribution in [2.24, 2.45) is 5.73 Å². The zero-order valence-corrected chi connectivity index (χ0v) is 14.9. The van der Waals surface area contributed by atoms with Gasteiger partial charge in [-0.2, -0.15) is 11.8 Å². The van der Waals surface area contributed by atoms with Crippen molar-refractivity contribution in [3.63, 3.8) is 0 Å². The number of nitrogens with two attached hydrogens (primary N) is 1. The van der Waals surface area contributed by atoms with Crippen LogP contribution in [0.5, 0.6) is 0 Å². The first-order valence-electron chi connectivity index (χ1n) is 7.54. The van der Waals surface area contributed by atoms with Crippen LogP contribution in [0.4, 0.5) is 5.69 Å². The molecule has 2 atom stereocenters. The van der Waals surface area contributed by atoms with E-state index >= 15 is 0 Å². The largest absolute Gasteiger partial charge is 0.332 e. The van der Waals surface area contributed by atoms with Crippen LogP contribution in [0.2, 0.25) is 5.02 Å². The van der Waals surface area contributed by atoms with Gasteiger partial charge in [0.25, 0.3) is 0 Å². The summed E-state index contributed by atoms with van der Waals surface area (Å²) in [6.45, 7) is 0.547. The molecule has 5 nitrogen and oxygen atoms in total. The number of anilines is 1. The summed E-state index contributed by atoms with van der Waals surface area (Å²) in [7, 11) is 1.65. The van der Waals surface area contributed by atoms with E-state index in [4.69, 9.17) is 17.3 Å². The summed E-state index contributed by atoms with van der Waals surface area (Å²) >= 11 is 7.82. The molecule has 0 bridgehead atoms. The Morgan fingerprint density at radius 3 is 2.87 bits per heavy atom. The van der Waals surface area contributed by atoms with E-state index < -0.39 is 12.1 Å². The van der Waals surface area contributed by atoms with Gasteiger partial charge in [0.05, 0.1) is 16.8 Å². The predicted octanol–water partition coefficient (Wildman–Crippen LogP) is 1.98. The SMILES string of the molecule is CSCC[C@H](N)C(=O)N(C)[C@@H]1CCN(c2ccccc2Cl)C1=O. The number of likely N-dealkylation sites (N-methyl/N-ethyl adjacent to an activating group) is 1. The monoisotopic (exact) mass is 355 g/mol. The number of benzene rings is 1. The van der Waals surface area contributed by atoms with Crippen LogP contribution in [-0.2, 0) is 9.59 Å². The van der Waals surface area contributed by atoms with E-state index in [2.05, 4.69) is 0 Å². The molecule has 1 fully saturated rings. The van der Waals surface area contributed by atoms with Crippen LogP contribution in [0.15, 0.2) is 24.3 Å². The number of carbonyl (C=O) groups is 2. The zero-order chi connectivity index (χ0) is 17.0. The maximum atomic E-state index is 12.7. The zero-order valence-electron chi connectivity index (χ0n) is 13.4. The summed E-state index contributed by atoms with van der Waals surface area (Å²) in [6, 6.07) is 6.20. The highest BCUT2D eigenvalue weighted by molar-refractivity contribution is 7.98. The second kappa shape index (κ2) is 8.04. The quantitative estimate of drug-likeness (QED) is 0.847. The van der Waals surface area contributed by atoms with Crippen LogP contribution in [-0.4, -0.2) is 54.4 Å². The van der Waals surface area contributed by atoms with Crippen LogP contribution < -0.4 is 10.6 Å². The van der Waals surface area contributed by atoms with Gasteiger partial charge in [-0.05, 0) is 37.0 Å². The lowest BCUT2D eigenvalue weighted by molar-refractivity contribution is -0.137. The Kier molecular flexibility index (Phi) is 6.33. The van der Waals surface area contributed by atoms with Gasteiger partial charge in [0.15, 0.2) is 0 Å². The Labute approximate surface area is 146 Å². The lowest BCUT2D eigenvalue weighted by atomic mass is 10.1. The predicted molar refractivity (Wildman–Crippen MR) is 96.0 cm³/mol. The van der Waals surface area contributed by atoms with Crippen molar-refractivity contribution in [1.29, 1.82) is 0 Å². The molecular weight excluding hydrogens is 334 g/mol. The van der Waals surface area contributed by atoms with Crippen molar-refractivity contribution < 1.29 is 9.59 Å². The van der Waals surface area contributed by atoms with Gasteiger partial charge in [0.1, 0.15) is 6.04 Å². The molecule has 0 aliphatic carbocycles. The van der Waals surface area contributed by atoms with E-state index in [1.54, 1.807) is 29.8 Å². The third kappa shape index (κ3) is 4.00. The molecule has 1 aromatic rings. The van der Waals surface area contributed by atoms with E-state index in [1.807, 2.05) is 24.5 Å². The number of hydrogen-bond acceptors (Lipinski definition) is 4. The third-order valence-electron chi connectivity index (χ3n) is 4.09. The molecule has 2 amide bonds. The van der Waals surface area contributed by atoms with Gasteiger partial charge in [0, 0.05) is 13.6 Å². The van der Waals surface area contributed by atoms with Gasteiger partial charge in [-0.1, -0.05) is 23.7 Å². The molecule has 0 spiro atoms. The Hall–Kier alpha value is -1.24. The number of thioether (sulfide) groups is 1. The van der Waals surface area contributed by atoms with Crippen molar-refractivity contribution in [3.8, 4) is 0 Å². The fraction of sp³-hybridized carbons (Fsp3) is 0.500. The third-order valence-corrected chi connectivity index (χ3v) is 5.05. The highest BCUT2D eigenvalue weighted by atomic mass is 35.5. The van der Waals surface area contributed by atoms with E-state index in [9.17, 15) is 9.59 Å². The van der Waals surface area contributed by atoms with Gasteiger partial charge >= 0.3 is 0 Å². The number of amides is 2. The van der Waals surface area contributed by atoms with E-state index in [0.29, 0.717) is 30.1 Å². The molecular formula is C16H22ClN3O2S. The highest BCUT2D eigenvalue weighted by Gasteiger charge is 2.38. The maximum absolute atomic E-state index is 12.7. The van der Waals surface area contributed by atoms with Gasteiger partial charge in [-0.25, -0.2) is 0 Å². The average Bonchev–Trinajstić information content (AvgIpc) is 2.93. The van der Waals surface area contributed by atoms with Crippen LogP contribution in [0.25, 0.3) is 0 Å². The fourth-order valence-electron chi connectivity index (χ4n) is 2.72. The Balaban J connectivity index is 2.06. The number of carbonyl (C=O) groups excluding carboxylic acids is 2. The van der Waals surface area contributed by atoms with Gasteiger partial charge in [0.2, 0.25) is 11.8 Å². The molecule has 1 heterocycles. The second-order valence-electron chi connectivity index (χ2n) is 5.58. The molecule has 1 aromatic carbocycles. The van der Waals surface area contributed by atoms with E-state index in [-0.39, 0.29) is 11.8 Å². The Morgan fingerprint density at radius 2 is 2.22 bits per heavy atom. The normalized spacial score (nSPS) is 19.0. The summed E-state index contributed by atoms with van der Waals surface area (Å²) in [5, 5.41) is 0.534. The molecule has 126 valence electrons. The molecule has 2 N–H and O–H groups in total. The fourth-order valence-corrected chi connectivity index (χ4v) is 3.44. The minimum absolute atomic E-state index is 0.106. The lowest BCUT2D eigenvalue weighted by Crippen LogP contribution is -2.49. The topological polar surface area (TPSA) is 66.6 Å². The average molecular weight is 356 g/mol. The van der Waals surface area contributed by atoms with Crippen molar-refractivity contribution in [2.75, 3.05) is 30.5 Å². The molecule has 0 radical (unpaired) electrons. The summed E-state index contributed by atoms with van der Waals surface area (Å²) in [5.74, 6) is 0.537. The molecule has 1 aliphatic heterocycles. The first kappa shape index (κ1) is 18.1. The number of hydrogen-bond donors (Lipinski definition) is 1. The van der Waals surface area contributed by atoms with Crippen LogP contribution in [0.1, 0.15) is 12.8 Å².